The summed E-state index contributed by atoms with van der Waals surface area (Å²) < 4.78 is 4.98. The molecule has 0 atom stereocenters. The van der Waals surface area contributed by atoms with Gasteiger partial charge < -0.3 is 14.7 Å². The van der Waals surface area contributed by atoms with Crippen molar-refractivity contribution in [2.24, 2.45) is 0 Å². The highest BCUT2D eigenvalue weighted by atomic mass is 16.5. The molecule has 0 unspecified atom stereocenters. The molecule has 8 heteroatoms. The van der Waals surface area contributed by atoms with Gasteiger partial charge in [0.2, 0.25) is 0 Å². The van der Waals surface area contributed by atoms with E-state index in [-0.39, 0.29) is 6.03 Å². The van der Waals surface area contributed by atoms with Crippen molar-refractivity contribution in [2.45, 2.75) is 13.5 Å². The lowest BCUT2D eigenvalue weighted by molar-refractivity contribution is 0.219. The number of aromatic nitrogens is 4. The van der Waals surface area contributed by atoms with Crippen LogP contribution in [0.4, 0.5) is 10.5 Å². The molecule has 2 heterocycles. The fraction of sp³-hybridized carbons (Fsp3) is 0.231. The quantitative estimate of drug-likeness (QED) is 0.766. The van der Waals surface area contributed by atoms with E-state index in [1.165, 1.54) is 4.90 Å². The molecule has 0 aliphatic rings. The molecule has 0 fully saturated rings. The lowest BCUT2D eigenvalue weighted by Crippen LogP contribution is -2.30. The Morgan fingerprint density at radius 3 is 2.90 bits per heavy atom. The summed E-state index contributed by atoms with van der Waals surface area (Å²) in [4.78, 5) is 13.6. The standard InChI is InChI=1S/C13H14N6O2/c1-8-5-10(17-21-8)7-19(2)13(20)14-9-3-4-11-12(6-9)16-18-15-11/h3-6H,7H2,1-2H3,(H,14,20)(H,15,16,18). The minimum Gasteiger partial charge on any atom is -0.361 e. The number of aryl methyl sites for hydroxylation is 1. The van der Waals surface area contributed by atoms with Gasteiger partial charge in [-0.25, -0.2) is 4.79 Å². The second-order valence-electron chi connectivity index (χ2n) is 4.74. The maximum atomic E-state index is 12.1. The van der Waals surface area contributed by atoms with Crippen molar-refractivity contribution in [2.75, 3.05) is 12.4 Å². The summed E-state index contributed by atoms with van der Waals surface area (Å²) in [5.41, 5.74) is 2.81. The monoisotopic (exact) mass is 286 g/mol. The molecular weight excluding hydrogens is 272 g/mol. The first-order valence-electron chi connectivity index (χ1n) is 6.36. The van der Waals surface area contributed by atoms with Crippen molar-refractivity contribution >= 4 is 22.8 Å². The van der Waals surface area contributed by atoms with Gasteiger partial charge in [0.25, 0.3) is 0 Å². The molecule has 0 radical (unpaired) electrons. The summed E-state index contributed by atoms with van der Waals surface area (Å²) in [7, 11) is 1.69. The number of amides is 2. The summed E-state index contributed by atoms with van der Waals surface area (Å²) in [5, 5.41) is 17.1. The van der Waals surface area contributed by atoms with Crippen LogP contribution >= 0.6 is 0 Å². The summed E-state index contributed by atoms with van der Waals surface area (Å²) in [6.45, 7) is 2.18. The summed E-state index contributed by atoms with van der Waals surface area (Å²) >= 11 is 0. The van der Waals surface area contributed by atoms with Crippen molar-refractivity contribution in [3.8, 4) is 0 Å². The molecule has 0 saturated heterocycles. The third kappa shape index (κ3) is 2.83. The Kier molecular flexibility index (Phi) is 3.27. The van der Waals surface area contributed by atoms with Gasteiger partial charge in [-0.2, -0.15) is 15.4 Å². The Bertz CT molecular complexity index is 778. The topological polar surface area (TPSA) is 99.9 Å². The van der Waals surface area contributed by atoms with E-state index in [4.69, 9.17) is 4.52 Å². The van der Waals surface area contributed by atoms with E-state index in [1.54, 1.807) is 31.3 Å². The van der Waals surface area contributed by atoms with Crippen LogP contribution in [0.3, 0.4) is 0 Å². The lowest BCUT2D eigenvalue weighted by atomic mass is 10.3. The first kappa shape index (κ1) is 13.1. The molecule has 1 aromatic carbocycles. The van der Waals surface area contributed by atoms with E-state index in [1.807, 2.05) is 6.92 Å². The number of nitrogens with zero attached hydrogens (tertiary/aromatic N) is 4. The summed E-state index contributed by atoms with van der Waals surface area (Å²) in [6.07, 6.45) is 0. The minimum atomic E-state index is -0.238. The summed E-state index contributed by atoms with van der Waals surface area (Å²) in [6, 6.07) is 6.88. The molecule has 0 bridgehead atoms. The van der Waals surface area contributed by atoms with Crippen LogP contribution in [0.15, 0.2) is 28.8 Å². The number of carbonyl (C=O) groups is 1. The van der Waals surface area contributed by atoms with E-state index >= 15 is 0 Å². The van der Waals surface area contributed by atoms with E-state index in [0.717, 1.165) is 11.3 Å². The number of aromatic amines is 1. The number of carbonyl (C=O) groups excluding carboxylic acids is 1. The molecule has 2 amide bonds. The predicted octanol–water partition coefficient (Wildman–Crippen LogP) is 1.92. The molecule has 3 rings (SSSR count). The van der Waals surface area contributed by atoms with Crippen LogP contribution in [0.5, 0.6) is 0 Å². The molecule has 2 N–H and O–H groups in total. The van der Waals surface area contributed by atoms with Gasteiger partial charge in [-0.05, 0) is 25.1 Å². The Hall–Kier alpha value is -2.90. The number of rotatable bonds is 3. The largest absolute Gasteiger partial charge is 0.361 e. The predicted molar refractivity (Wildman–Crippen MR) is 75.6 cm³/mol. The first-order chi connectivity index (χ1) is 10.1. The van der Waals surface area contributed by atoms with Crippen LogP contribution in [0.1, 0.15) is 11.5 Å². The van der Waals surface area contributed by atoms with Crippen molar-refractivity contribution < 1.29 is 9.32 Å². The fourth-order valence-electron chi connectivity index (χ4n) is 1.94. The number of nitrogens with one attached hydrogen (secondary N) is 2. The van der Waals surface area contributed by atoms with Crippen molar-refractivity contribution in [3.05, 3.63) is 35.7 Å². The highest BCUT2D eigenvalue weighted by Crippen LogP contribution is 2.15. The van der Waals surface area contributed by atoms with Crippen molar-refractivity contribution in [1.29, 1.82) is 0 Å². The van der Waals surface area contributed by atoms with Crippen molar-refractivity contribution in [3.63, 3.8) is 0 Å². The number of benzene rings is 1. The Morgan fingerprint density at radius 1 is 1.33 bits per heavy atom. The summed E-state index contributed by atoms with van der Waals surface area (Å²) in [5.74, 6) is 0.718. The molecule has 108 valence electrons. The van der Waals surface area contributed by atoms with Gasteiger partial charge in [-0.15, -0.1) is 0 Å². The SMILES string of the molecule is Cc1cc(CN(C)C(=O)Nc2ccc3n[nH]nc3c2)no1. The van der Waals surface area contributed by atoms with Crippen LogP contribution in [0.2, 0.25) is 0 Å². The molecule has 3 aromatic rings. The maximum Gasteiger partial charge on any atom is 0.321 e. The number of urea groups is 1. The lowest BCUT2D eigenvalue weighted by Gasteiger charge is -2.16. The van der Waals surface area contributed by atoms with Gasteiger partial charge in [-0.1, -0.05) is 5.16 Å². The number of anilines is 1. The highest BCUT2D eigenvalue weighted by molar-refractivity contribution is 5.91. The maximum absolute atomic E-state index is 12.1. The Labute approximate surface area is 120 Å². The van der Waals surface area contributed by atoms with Crippen LogP contribution in [0, 0.1) is 6.92 Å². The van der Waals surface area contributed by atoms with Crippen LogP contribution in [-0.2, 0) is 6.54 Å². The van der Waals surface area contributed by atoms with Crippen LogP contribution in [0.25, 0.3) is 11.0 Å². The van der Waals surface area contributed by atoms with Gasteiger partial charge in [0, 0.05) is 18.8 Å². The zero-order valence-electron chi connectivity index (χ0n) is 11.6. The highest BCUT2D eigenvalue weighted by Gasteiger charge is 2.12. The number of H-pyrrole nitrogens is 1. The van der Waals surface area contributed by atoms with E-state index in [0.29, 0.717) is 23.4 Å². The van der Waals surface area contributed by atoms with Crippen molar-refractivity contribution in [1.82, 2.24) is 25.5 Å². The van der Waals surface area contributed by atoms with Crippen LogP contribution < -0.4 is 5.32 Å². The van der Waals surface area contributed by atoms with Gasteiger partial charge >= 0.3 is 6.03 Å². The molecule has 0 spiro atoms. The van der Waals surface area contributed by atoms with Gasteiger partial charge in [0.05, 0.1) is 6.54 Å². The first-order valence-corrected chi connectivity index (χ1v) is 6.36. The van der Waals surface area contributed by atoms with Gasteiger partial charge in [0.15, 0.2) is 0 Å². The van der Waals surface area contributed by atoms with E-state index in [2.05, 4.69) is 25.9 Å². The fourth-order valence-corrected chi connectivity index (χ4v) is 1.94. The molecule has 0 aliphatic carbocycles. The Morgan fingerprint density at radius 2 is 2.14 bits per heavy atom. The molecule has 21 heavy (non-hydrogen) atoms. The zero-order chi connectivity index (χ0) is 14.8. The second kappa shape index (κ2) is 5.23. The third-order valence-corrected chi connectivity index (χ3v) is 2.99. The second-order valence-corrected chi connectivity index (χ2v) is 4.74. The minimum absolute atomic E-state index is 0.238. The third-order valence-electron chi connectivity index (χ3n) is 2.99. The number of fused-ring (bicyclic) bond motifs is 1. The average Bonchev–Trinajstić information content (AvgIpc) is 3.07. The van der Waals surface area contributed by atoms with Crippen LogP contribution in [-0.4, -0.2) is 38.5 Å². The van der Waals surface area contributed by atoms with E-state index in [9.17, 15) is 4.79 Å². The normalized spacial score (nSPS) is 10.8. The van der Waals surface area contributed by atoms with E-state index < -0.39 is 0 Å². The average molecular weight is 286 g/mol. The number of hydrogen-bond acceptors (Lipinski definition) is 5. The van der Waals surface area contributed by atoms with Gasteiger partial charge in [-0.3, -0.25) is 0 Å². The molecule has 8 nitrogen and oxygen atoms in total. The number of hydrogen-bond donors (Lipinski definition) is 2. The van der Waals surface area contributed by atoms with Gasteiger partial charge in [0.1, 0.15) is 22.5 Å². The molecular formula is C13H14N6O2. The molecule has 0 aliphatic heterocycles. The molecule has 0 saturated carbocycles. The molecule has 2 aromatic heterocycles. The smallest absolute Gasteiger partial charge is 0.321 e. The zero-order valence-corrected chi connectivity index (χ0v) is 11.6. The Balaban J connectivity index is 1.67.